The standard InChI is InChI=1S/C14H15BrF3NO2/c15-10-4-5-13-11(9-10)12(3-1-7-20-13)19-21-8-2-6-14(16,17)18/h4-5,9H,1-3,6-8H2/b19-12+. The number of rotatable bonds is 4. The van der Waals surface area contributed by atoms with Crippen molar-refractivity contribution in [3.05, 3.63) is 28.2 Å². The molecule has 1 aliphatic rings. The van der Waals surface area contributed by atoms with Crippen molar-refractivity contribution in [1.29, 1.82) is 0 Å². The third-order valence-electron chi connectivity index (χ3n) is 2.94. The number of ether oxygens (including phenoxy) is 1. The fourth-order valence-corrected chi connectivity index (χ4v) is 2.33. The molecule has 0 atom stereocenters. The molecule has 0 amide bonds. The lowest BCUT2D eigenvalue weighted by Crippen LogP contribution is -2.08. The molecule has 0 saturated carbocycles. The summed E-state index contributed by atoms with van der Waals surface area (Å²) in [5.74, 6) is 0.716. The molecule has 1 aromatic carbocycles. The van der Waals surface area contributed by atoms with Gasteiger partial charge in [-0.3, -0.25) is 0 Å². The molecule has 1 heterocycles. The third kappa shape index (κ3) is 5.22. The fourth-order valence-electron chi connectivity index (χ4n) is 1.97. The first-order valence-electron chi connectivity index (χ1n) is 6.64. The predicted octanol–water partition coefficient (Wildman–Crippen LogP) is 4.68. The molecule has 7 heteroatoms. The molecule has 0 radical (unpaired) electrons. The Bertz CT molecular complexity index is 517. The summed E-state index contributed by atoms with van der Waals surface area (Å²) in [6.07, 6.45) is -3.64. The Hall–Kier alpha value is -1.24. The Morgan fingerprint density at radius 2 is 2.14 bits per heavy atom. The van der Waals surface area contributed by atoms with Gasteiger partial charge in [0.25, 0.3) is 0 Å². The van der Waals surface area contributed by atoms with E-state index < -0.39 is 12.6 Å². The van der Waals surface area contributed by atoms with Crippen LogP contribution in [0.3, 0.4) is 0 Å². The lowest BCUT2D eigenvalue weighted by atomic mass is 10.1. The van der Waals surface area contributed by atoms with Crippen LogP contribution in [0.5, 0.6) is 5.75 Å². The molecule has 0 aliphatic carbocycles. The Labute approximate surface area is 129 Å². The van der Waals surface area contributed by atoms with E-state index in [-0.39, 0.29) is 13.0 Å². The molecule has 0 N–H and O–H groups in total. The second kappa shape index (κ2) is 7.15. The zero-order chi connectivity index (χ0) is 15.3. The number of halogens is 4. The monoisotopic (exact) mass is 365 g/mol. The summed E-state index contributed by atoms with van der Waals surface area (Å²) in [7, 11) is 0. The van der Waals surface area contributed by atoms with Crippen molar-refractivity contribution < 1.29 is 22.7 Å². The van der Waals surface area contributed by atoms with Gasteiger partial charge in [-0.15, -0.1) is 0 Å². The average Bonchev–Trinajstić information content (AvgIpc) is 2.59. The van der Waals surface area contributed by atoms with Gasteiger partial charge in [0.1, 0.15) is 12.4 Å². The Balaban J connectivity index is 1.99. The summed E-state index contributed by atoms with van der Waals surface area (Å²) >= 11 is 3.38. The molecule has 0 spiro atoms. The second-order valence-electron chi connectivity index (χ2n) is 4.68. The Morgan fingerprint density at radius 1 is 1.33 bits per heavy atom. The van der Waals surface area contributed by atoms with Crippen LogP contribution in [-0.2, 0) is 4.84 Å². The molecule has 21 heavy (non-hydrogen) atoms. The molecule has 1 aliphatic heterocycles. The highest BCUT2D eigenvalue weighted by Crippen LogP contribution is 2.28. The van der Waals surface area contributed by atoms with Gasteiger partial charge in [-0.2, -0.15) is 13.2 Å². The lowest BCUT2D eigenvalue weighted by molar-refractivity contribution is -0.137. The maximum Gasteiger partial charge on any atom is 0.389 e. The van der Waals surface area contributed by atoms with Crippen LogP contribution in [-0.4, -0.2) is 25.1 Å². The molecule has 0 aromatic heterocycles. The van der Waals surface area contributed by atoms with E-state index in [4.69, 9.17) is 9.57 Å². The van der Waals surface area contributed by atoms with Gasteiger partial charge in [-0.05, 0) is 37.5 Å². The molecular formula is C14H15BrF3NO2. The highest BCUT2D eigenvalue weighted by molar-refractivity contribution is 9.10. The maximum absolute atomic E-state index is 12.0. The van der Waals surface area contributed by atoms with Gasteiger partial charge in [0.05, 0.1) is 12.3 Å². The summed E-state index contributed by atoms with van der Waals surface area (Å²) < 4.78 is 42.5. The molecule has 0 fully saturated rings. The molecule has 1 aromatic rings. The van der Waals surface area contributed by atoms with Crippen molar-refractivity contribution >= 4 is 21.6 Å². The van der Waals surface area contributed by atoms with E-state index in [9.17, 15) is 13.2 Å². The topological polar surface area (TPSA) is 30.8 Å². The summed E-state index contributed by atoms with van der Waals surface area (Å²) in [6, 6.07) is 5.58. The predicted molar refractivity (Wildman–Crippen MR) is 76.6 cm³/mol. The van der Waals surface area contributed by atoms with E-state index in [0.717, 1.165) is 16.5 Å². The van der Waals surface area contributed by atoms with Crippen LogP contribution in [0.25, 0.3) is 0 Å². The van der Waals surface area contributed by atoms with Crippen LogP contribution in [0.1, 0.15) is 31.2 Å². The summed E-state index contributed by atoms with van der Waals surface area (Å²) in [5, 5.41) is 3.99. The first-order valence-corrected chi connectivity index (χ1v) is 7.43. The van der Waals surface area contributed by atoms with Crippen LogP contribution in [0.2, 0.25) is 0 Å². The highest BCUT2D eigenvalue weighted by Gasteiger charge is 2.26. The summed E-state index contributed by atoms with van der Waals surface area (Å²) in [6.45, 7) is 0.537. The molecule has 116 valence electrons. The first kappa shape index (κ1) is 16.1. The van der Waals surface area contributed by atoms with Gasteiger partial charge in [-0.25, -0.2) is 0 Å². The van der Waals surface area contributed by atoms with Gasteiger partial charge < -0.3 is 9.57 Å². The van der Waals surface area contributed by atoms with Crippen LogP contribution >= 0.6 is 15.9 Å². The number of nitrogens with zero attached hydrogens (tertiary/aromatic N) is 1. The minimum Gasteiger partial charge on any atom is -0.493 e. The Morgan fingerprint density at radius 3 is 2.90 bits per heavy atom. The number of alkyl halides is 3. The first-order chi connectivity index (χ1) is 9.96. The highest BCUT2D eigenvalue weighted by atomic mass is 79.9. The van der Waals surface area contributed by atoms with Crippen LogP contribution in [0, 0.1) is 0 Å². The zero-order valence-corrected chi connectivity index (χ0v) is 12.8. The van der Waals surface area contributed by atoms with Crippen molar-refractivity contribution in [3.8, 4) is 5.75 Å². The third-order valence-corrected chi connectivity index (χ3v) is 3.43. The normalized spacial score (nSPS) is 17.0. The Kier molecular flexibility index (Phi) is 5.50. The molecule has 0 bridgehead atoms. The van der Waals surface area contributed by atoms with Crippen molar-refractivity contribution in [1.82, 2.24) is 0 Å². The molecule has 3 nitrogen and oxygen atoms in total. The zero-order valence-electron chi connectivity index (χ0n) is 11.3. The van der Waals surface area contributed by atoms with E-state index in [0.29, 0.717) is 24.5 Å². The second-order valence-corrected chi connectivity index (χ2v) is 5.60. The number of hydrogen-bond donors (Lipinski definition) is 0. The van der Waals surface area contributed by atoms with E-state index in [1.807, 2.05) is 18.2 Å². The van der Waals surface area contributed by atoms with Crippen molar-refractivity contribution in [2.45, 2.75) is 31.9 Å². The van der Waals surface area contributed by atoms with Crippen molar-refractivity contribution in [2.24, 2.45) is 5.16 Å². The van der Waals surface area contributed by atoms with Crippen molar-refractivity contribution in [3.63, 3.8) is 0 Å². The van der Waals surface area contributed by atoms with Crippen LogP contribution in [0.4, 0.5) is 13.2 Å². The average molecular weight is 366 g/mol. The van der Waals surface area contributed by atoms with Crippen LogP contribution < -0.4 is 4.74 Å². The maximum atomic E-state index is 12.0. The molecule has 2 rings (SSSR count). The van der Waals surface area contributed by atoms with Gasteiger partial charge in [-0.1, -0.05) is 21.1 Å². The SMILES string of the molecule is FC(F)(F)CCCO/N=C1\CCCOc2ccc(Br)cc21. The van der Waals surface area contributed by atoms with Crippen molar-refractivity contribution in [2.75, 3.05) is 13.2 Å². The largest absolute Gasteiger partial charge is 0.493 e. The molecular weight excluding hydrogens is 351 g/mol. The van der Waals surface area contributed by atoms with Gasteiger partial charge in [0.15, 0.2) is 0 Å². The number of benzene rings is 1. The minimum absolute atomic E-state index is 0.0484. The van der Waals surface area contributed by atoms with Gasteiger partial charge >= 0.3 is 6.18 Å². The molecule has 0 saturated heterocycles. The number of fused-ring (bicyclic) bond motifs is 1. The van der Waals surface area contributed by atoms with E-state index in [1.54, 1.807) is 0 Å². The van der Waals surface area contributed by atoms with E-state index in [1.165, 1.54) is 0 Å². The summed E-state index contributed by atoms with van der Waals surface area (Å²) in [5.41, 5.74) is 1.52. The van der Waals surface area contributed by atoms with Crippen LogP contribution in [0.15, 0.2) is 27.8 Å². The van der Waals surface area contributed by atoms with Gasteiger partial charge in [0.2, 0.25) is 0 Å². The van der Waals surface area contributed by atoms with Gasteiger partial charge in [0, 0.05) is 16.5 Å². The lowest BCUT2D eigenvalue weighted by Gasteiger charge is -2.09. The smallest absolute Gasteiger partial charge is 0.389 e. The fraction of sp³-hybridized carbons (Fsp3) is 0.500. The number of hydrogen-bond acceptors (Lipinski definition) is 3. The minimum atomic E-state index is -4.15. The summed E-state index contributed by atoms with van der Waals surface area (Å²) in [4.78, 5) is 5.04. The molecule has 0 unspecified atom stereocenters. The van der Waals surface area contributed by atoms with E-state index in [2.05, 4.69) is 21.1 Å². The number of oxime groups is 1. The van der Waals surface area contributed by atoms with E-state index >= 15 is 0 Å². The quantitative estimate of drug-likeness (QED) is 0.572.